The van der Waals surface area contributed by atoms with Crippen molar-refractivity contribution in [2.45, 2.75) is 19.1 Å². The molecule has 2 rings (SSSR count). The van der Waals surface area contributed by atoms with Crippen LogP contribution in [0.15, 0.2) is 42.5 Å². The van der Waals surface area contributed by atoms with Crippen LogP contribution in [0, 0.1) is 0 Å². The number of benzene rings is 2. The Morgan fingerprint density at radius 2 is 1.69 bits per heavy atom. The van der Waals surface area contributed by atoms with Gasteiger partial charge in [-0.2, -0.15) is 0 Å². The summed E-state index contributed by atoms with van der Waals surface area (Å²) in [6, 6.07) is 13.7. The van der Waals surface area contributed by atoms with E-state index in [-0.39, 0.29) is 18.4 Å². The fourth-order valence-electron chi connectivity index (χ4n) is 1.80. The monoisotopic (exact) mass is 237 g/mol. The van der Waals surface area contributed by atoms with E-state index in [1.165, 1.54) is 0 Å². The average molecular weight is 238 g/mol. The van der Waals surface area contributed by atoms with Crippen molar-refractivity contribution in [3.63, 3.8) is 0 Å². The minimum atomic E-state index is -0.532. The van der Waals surface area contributed by atoms with Crippen molar-refractivity contribution in [1.29, 1.82) is 0 Å². The first-order valence-corrected chi connectivity index (χ1v) is 5.11. The van der Waals surface area contributed by atoms with Crippen LogP contribution >= 0.6 is 12.4 Å². The van der Waals surface area contributed by atoms with E-state index < -0.39 is 6.10 Å². The van der Waals surface area contributed by atoms with Crippen molar-refractivity contribution in [2.24, 2.45) is 5.73 Å². The highest BCUT2D eigenvalue weighted by Gasteiger charge is 2.13. The first-order chi connectivity index (χ1) is 7.20. The molecule has 2 aromatic rings. The van der Waals surface area contributed by atoms with Crippen molar-refractivity contribution in [3.05, 3.63) is 48.0 Å². The van der Waals surface area contributed by atoms with Gasteiger partial charge in [0.15, 0.2) is 0 Å². The van der Waals surface area contributed by atoms with Gasteiger partial charge in [-0.15, -0.1) is 12.4 Å². The number of halogens is 1. The van der Waals surface area contributed by atoms with Crippen LogP contribution in [0.5, 0.6) is 0 Å². The topological polar surface area (TPSA) is 46.2 Å². The van der Waals surface area contributed by atoms with Crippen LogP contribution in [0.25, 0.3) is 10.8 Å². The Hall–Kier alpha value is -1.09. The number of hydrogen-bond acceptors (Lipinski definition) is 2. The summed E-state index contributed by atoms with van der Waals surface area (Å²) in [5.41, 5.74) is 6.96. The van der Waals surface area contributed by atoms with Gasteiger partial charge in [-0.05, 0) is 23.3 Å². The normalized spacial score (nSPS) is 14.2. The van der Waals surface area contributed by atoms with Crippen molar-refractivity contribution in [3.8, 4) is 0 Å². The van der Waals surface area contributed by atoms with Gasteiger partial charge in [0.25, 0.3) is 0 Å². The van der Waals surface area contributed by atoms with Gasteiger partial charge in [-0.25, -0.2) is 0 Å². The summed E-state index contributed by atoms with van der Waals surface area (Å²) in [5, 5.41) is 11.8. The SMILES string of the molecule is C[C@H](O)[C@H](N)c1cccc2ccccc12.Cl. The number of rotatable bonds is 2. The van der Waals surface area contributed by atoms with Crippen LogP contribution in [0.1, 0.15) is 18.5 Å². The zero-order valence-corrected chi connectivity index (χ0v) is 9.95. The number of fused-ring (bicyclic) bond motifs is 1. The number of aliphatic hydroxyl groups is 1. The van der Waals surface area contributed by atoms with Crippen LogP contribution in [0.3, 0.4) is 0 Å². The third-order valence-corrected chi connectivity index (χ3v) is 2.70. The van der Waals surface area contributed by atoms with E-state index in [0.717, 1.165) is 16.3 Å². The molecule has 0 radical (unpaired) electrons. The lowest BCUT2D eigenvalue weighted by atomic mass is 9.97. The molecule has 0 fully saturated rings. The van der Waals surface area contributed by atoms with Crippen molar-refractivity contribution in [2.75, 3.05) is 0 Å². The van der Waals surface area contributed by atoms with Gasteiger partial charge < -0.3 is 10.8 Å². The number of aliphatic hydroxyl groups excluding tert-OH is 1. The Morgan fingerprint density at radius 3 is 2.38 bits per heavy atom. The Balaban J connectivity index is 0.00000128. The molecule has 2 atom stereocenters. The maximum absolute atomic E-state index is 9.51. The summed E-state index contributed by atoms with van der Waals surface area (Å²) in [4.78, 5) is 0. The molecule has 3 heteroatoms. The van der Waals surface area contributed by atoms with Gasteiger partial charge in [-0.3, -0.25) is 0 Å². The predicted molar refractivity (Wildman–Crippen MR) is 69.8 cm³/mol. The molecule has 0 saturated carbocycles. The lowest BCUT2D eigenvalue weighted by Crippen LogP contribution is -2.23. The lowest BCUT2D eigenvalue weighted by molar-refractivity contribution is 0.165. The standard InChI is InChI=1S/C13H15NO.ClH/c1-9(15)13(14)12-8-4-6-10-5-2-3-7-11(10)12;/h2-9,13,15H,14H2,1H3;1H/t9-,13-;/m0./s1. The average Bonchev–Trinajstić information content (AvgIpc) is 2.27. The van der Waals surface area contributed by atoms with E-state index in [0.29, 0.717) is 0 Å². The maximum atomic E-state index is 9.51. The van der Waals surface area contributed by atoms with Crippen molar-refractivity contribution in [1.82, 2.24) is 0 Å². The van der Waals surface area contributed by atoms with Crippen LogP contribution < -0.4 is 5.73 Å². The largest absolute Gasteiger partial charge is 0.391 e. The van der Waals surface area contributed by atoms with Gasteiger partial charge >= 0.3 is 0 Å². The molecule has 16 heavy (non-hydrogen) atoms. The summed E-state index contributed by atoms with van der Waals surface area (Å²) >= 11 is 0. The Labute approximate surface area is 101 Å². The molecule has 3 N–H and O–H groups in total. The van der Waals surface area contributed by atoms with Gasteiger partial charge in [0.2, 0.25) is 0 Å². The summed E-state index contributed by atoms with van der Waals surface area (Å²) in [6.45, 7) is 1.71. The highest BCUT2D eigenvalue weighted by molar-refractivity contribution is 5.86. The molecule has 0 bridgehead atoms. The third kappa shape index (κ3) is 2.35. The molecule has 0 amide bonds. The van der Waals surface area contributed by atoms with Crippen LogP contribution in [0.2, 0.25) is 0 Å². The van der Waals surface area contributed by atoms with E-state index in [2.05, 4.69) is 0 Å². The van der Waals surface area contributed by atoms with E-state index in [1.54, 1.807) is 6.92 Å². The summed E-state index contributed by atoms with van der Waals surface area (Å²) in [7, 11) is 0. The minimum absolute atomic E-state index is 0. The maximum Gasteiger partial charge on any atom is 0.0704 e. The molecule has 86 valence electrons. The zero-order valence-electron chi connectivity index (χ0n) is 9.13. The molecule has 2 aromatic carbocycles. The van der Waals surface area contributed by atoms with E-state index in [4.69, 9.17) is 5.73 Å². The van der Waals surface area contributed by atoms with Crippen LogP contribution in [0.4, 0.5) is 0 Å². The smallest absolute Gasteiger partial charge is 0.0704 e. The molecule has 0 saturated heterocycles. The highest BCUT2D eigenvalue weighted by Crippen LogP contribution is 2.24. The second kappa shape index (κ2) is 5.30. The van der Waals surface area contributed by atoms with Crippen LogP contribution in [-0.4, -0.2) is 11.2 Å². The van der Waals surface area contributed by atoms with Crippen molar-refractivity contribution >= 4 is 23.2 Å². The van der Waals surface area contributed by atoms with Gasteiger partial charge in [0.05, 0.1) is 12.1 Å². The zero-order chi connectivity index (χ0) is 10.8. The molecule has 0 spiro atoms. The Bertz CT molecular complexity index is 465. The van der Waals surface area contributed by atoms with Gasteiger partial charge in [-0.1, -0.05) is 42.5 Å². The highest BCUT2D eigenvalue weighted by atomic mass is 35.5. The van der Waals surface area contributed by atoms with Gasteiger partial charge in [0.1, 0.15) is 0 Å². The second-order valence-electron chi connectivity index (χ2n) is 3.83. The number of hydrogen-bond donors (Lipinski definition) is 2. The summed E-state index contributed by atoms with van der Waals surface area (Å²) in [6.07, 6.45) is -0.532. The molecule has 0 aliphatic carbocycles. The third-order valence-electron chi connectivity index (χ3n) is 2.70. The van der Waals surface area contributed by atoms with Gasteiger partial charge in [0, 0.05) is 0 Å². The van der Waals surface area contributed by atoms with E-state index >= 15 is 0 Å². The summed E-state index contributed by atoms with van der Waals surface area (Å²) < 4.78 is 0. The van der Waals surface area contributed by atoms with E-state index in [9.17, 15) is 5.11 Å². The van der Waals surface area contributed by atoms with E-state index in [1.807, 2.05) is 42.5 Å². The number of nitrogens with two attached hydrogens (primary N) is 1. The van der Waals surface area contributed by atoms with Crippen molar-refractivity contribution < 1.29 is 5.11 Å². The molecule has 0 aliphatic heterocycles. The molecular formula is C13H16ClNO. The molecule has 0 unspecified atom stereocenters. The van der Waals surface area contributed by atoms with Crippen LogP contribution in [-0.2, 0) is 0 Å². The predicted octanol–water partition coefficient (Wildman–Crippen LogP) is 2.64. The molecule has 2 nitrogen and oxygen atoms in total. The lowest BCUT2D eigenvalue weighted by Gasteiger charge is -2.17. The molecule has 0 heterocycles. The molecule has 0 aromatic heterocycles. The first kappa shape index (κ1) is 13.0. The first-order valence-electron chi connectivity index (χ1n) is 5.11. The fraction of sp³-hybridized carbons (Fsp3) is 0.231. The molecule has 0 aliphatic rings. The Morgan fingerprint density at radius 1 is 1.06 bits per heavy atom. The molecular weight excluding hydrogens is 222 g/mol. The minimum Gasteiger partial charge on any atom is -0.391 e. The Kier molecular flexibility index (Phi) is 4.30. The quantitative estimate of drug-likeness (QED) is 0.844. The summed E-state index contributed by atoms with van der Waals surface area (Å²) in [5.74, 6) is 0. The fourth-order valence-corrected chi connectivity index (χ4v) is 1.80. The second-order valence-corrected chi connectivity index (χ2v) is 3.83.